The maximum absolute atomic E-state index is 19.2. The van der Waals surface area contributed by atoms with Gasteiger partial charge in [0.1, 0.15) is 17.2 Å². The van der Waals surface area contributed by atoms with Gasteiger partial charge < -0.3 is 14.1 Å². The Morgan fingerprint density at radius 2 is 1.51 bits per heavy atom. The molecule has 63 heavy (non-hydrogen) atoms. The Kier molecular flexibility index (Phi) is 14.3. The zero-order valence-corrected chi connectivity index (χ0v) is 40.7. The summed E-state index contributed by atoms with van der Waals surface area (Å²) in [5.74, 6) is -2.86. The molecule has 2 heterocycles. The number of alkyl halides is 1. The lowest BCUT2D eigenvalue weighted by molar-refractivity contribution is 0.0974. The Morgan fingerprint density at radius 1 is 0.937 bits per heavy atom. The van der Waals surface area contributed by atoms with Crippen LogP contribution in [-0.2, 0) is 24.1 Å². The van der Waals surface area contributed by atoms with Crippen LogP contribution in [0.4, 0.5) is 8.78 Å². The van der Waals surface area contributed by atoms with Gasteiger partial charge >= 0.3 is 4.33 Å². The molecule has 1 aliphatic carbocycles. The van der Waals surface area contributed by atoms with Crippen molar-refractivity contribution in [1.29, 1.82) is 0 Å². The molecular weight excluding hydrogens is 880 g/mol. The van der Waals surface area contributed by atoms with Gasteiger partial charge in [-0.15, -0.1) is 0 Å². The molecule has 15 heteroatoms. The molecule has 0 saturated heterocycles. The summed E-state index contributed by atoms with van der Waals surface area (Å²) in [6, 6.07) is 16.6. The van der Waals surface area contributed by atoms with Crippen LogP contribution in [0.15, 0.2) is 112 Å². The topological polar surface area (TPSA) is 128 Å². The number of aliphatic imine (C=N–C) groups is 1. The van der Waals surface area contributed by atoms with Gasteiger partial charge in [0.25, 0.3) is 0 Å². The number of aromatic nitrogens is 2. The number of nitrogens with one attached hydrogen (secondary N) is 1. The van der Waals surface area contributed by atoms with Gasteiger partial charge in [-0.1, -0.05) is 81.8 Å². The van der Waals surface area contributed by atoms with Crippen LogP contribution >= 0.6 is 11.6 Å². The largest absolute Gasteiger partial charge is 0.496 e. The fourth-order valence-electron chi connectivity index (χ4n) is 8.27. The van der Waals surface area contributed by atoms with Crippen molar-refractivity contribution in [3.05, 3.63) is 125 Å². The molecule has 1 N–H and O–H groups in total. The molecule has 1 aliphatic rings. The monoisotopic (exact) mass is 937 g/mol. The number of nitrogens with zero attached hydrogens (tertiary/aromatic N) is 2. The molecule has 338 valence electrons. The smallest absolute Gasteiger partial charge is 0.328 e. The van der Waals surface area contributed by atoms with E-state index in [-0.39, 0.29) is 45.4 Å². The number of hydrogen-bond acceptors (Lipinski definition) is 8. The number of H-pyrrole nitrogens is 1. The normalized spacial score (nSPS) is 18.7. The first-order valence-corrected chi connectivity index (χ1v) is 27.5. The standard InChI is InChI=1S/C48H58ClF2N3O6S2Si/c1-10-33(28-52-32(3)31(2)34-21-23-36(24-22-34)60-63(8,9)47(4,5)6)35-27-39-40(30-54-46(39)53-29-35)44(43-42(59-7)26-25-41(50)45(43)49)48(51,61(55,56)37-17-13-11-14-18-37)62(57,58)38-19-15-12-16-20-38/h10-20,25-32,34,36,44H,21-24H2,1-9H3,(H,53,54). The van der Waals surface area contributed by atoms with Gasteiger partial charge in [-0.2, -0.15) is 0 Å². The molecule has 1 fully saturated rings. The van der Waals surface area contributed by atoms with Crippen LogP contribution < -0.4 is 4.74 Å². The van der Waals surface area contributed by atoms with Crippen LogP contribution in [0.5, 0.6) is 5.75 Å². The van der Waals surface area contributed by atoms with Gasteiger partial charge in [0.15, 0.2) is 8.32 Å². The van der Waals surface area contributed by atoms with Gasteiger partial charge in [0.2, 0.25) is 19.7 Å². The molecule has 2 aromatic heterocycles. The maximum atomic E-state index is 19.2. The van der Waals surface area contributed by atoms with Gasteiger partial charge in [0, 0.05) is 47.3 Å². The number of rotatable bonds is 15. The fourth-order valence-corrected chi connectivity index (χ4v) is 14.5. The summed E-state index contributed by atoms with van der Waals surface area (Å²) in [6.07, 6.45) is 10.9. The molecule has 1 saturated carbocycles. The summed E-state index contributed by atoms with van der Waals surface area (Å²) in [4.78, 5) is 11.3. The Balaban J connectivity index is 1.44. The van der Waals surface area contributed by atoms with E-state index in [1.54, 1.807) is 18.5 Å². The lowest BCUT2D eigenvalue weighted by atomic mass is 9.77. The molecule has 0 spiro atoms. The molecule has 6 rings (SSSR count). The highest BCUT2D eigenvalue weighted by Crippen LogP contribution is 2.55. The van der Waals surface area contributed by atoms with E-state index >= 15 is 8.78 Å². The Hall–Kier alpha value is -4.21. The Bertz CT molecular complexity index is 2630. The first-order valence-electron chi connectivity index (χ1n) is 21.3. The number of sulfone groups is 2. The van der Waals surface area contributed by atoms with E-state index in [0.717, 1.165) is 62.1 Å². The second-order valence-corrected chi connectivity index (χ2v) is 27.6. The van der Waals surface area contributed by atoms with Gasteiger partial charge in [-0.3, -0.25) is 4.99 Å². The number of fused-ring (bicyclic) bond motifs is 1. The molecule has 0 amide bonds. The van der Waals surface area contributed by atoms with E-state index < -0.39 is 64.4 Å². The van der Waals surface area contributed by atoms with Gasteiger partial charge in [0.05, 0.1) is 27.8 Å². The minimum atomic E-state index is -5.55. The van der Waals surface area contributed by atoms with E-state index in [1.165, 1.54) is 49.7 Å². The Morgan fingerprint density at radius 3 is 2.03 bits per heavy atom. The summed E-state index contributed by atoms with van der Waals surface area (Å²) in [6.45, 7) is 17.6. The molecule has 0 radical (unpaired) electrons. The number of methoxy groups -OCH3 is 1. The van der Waals surface area contributed by atoms with Crippen molar-refractivity contribution in [3.63, 3.8) is 0 Å². The summed E-state index contributed by atoms with van der Waals surface area (Å²) < 4.78 is 103. The highest BCUT2D eigenvalue weighted by Gasteiger charge is 2.65. The van der Waals surface area contributed by atoms with Gasteiger partial charge in [-0.25, -0.2) is 30.6 Å². The fraction of sp³-hybridized carbons (Fsp3) is 0.417. The van der Waals surface area contributed by atoms with Gasteiger partial charge in [-0.05, 0) is 123 Å². The van der Waals surface area contributed by atoms with E-state index in [9.17, 15) is 16.8 Å². The van der Waals surface area contributed by atoms with Crippen molar-refractivity contribution >= 4 is 62.4 Å². The van der Waals surface area contributed by atoms with Crippen LogP contribution in [0.2, 0.25) is 23.2 Å². The average molecular weight is 939 g/mol. The zero-order chi connectivity index (χ0) is 46.1. The number of aromatic amines is 1. The maximum Gasteiger partial charge on any atom is 0.328 e. The highest BCUT2D eigenvalue weighted by atomic mass is 35.5. The predicted molar refractivity (Wildman–Crippen MR) is 252 cm³/mol. The summed E-state index contributed by atoms with van der Waals surface area (Å²) in [7, 11) is -11.8. The van der Waals surface area contributed by atoms with Crippen LogP contribution in [0.25, 0.3) is 16.6 Å². The van der Waals surface area contributed by atoms with Crippen molar-refractivity contribution in [2.75, 3.05) is 7.11 Å². The lowest BCUT2D eigenvalue weighted by Gasteiger charge is -2.42. The van der Waals surface area contributed by atoms with Crippen molar-refractivity contribution in [2.24, 2.45) is 16.8 Å². The van der Waals surface area contributed by atoms with E-state index in [0.29, 0.717) is 17.1 Å². The summed E-state index contributed by atoms with van der Waals surface area (Å²) in [5.41, 5.74) is 0.692. The molecule has 5 aromatic rings. The van der Waals surface area contributed by atoms with Crippen LogP contribution in [0, 0.1) is 17.7 Å². The van der Waals surface area contributed by atoms with E-state index in [4.69, 9.17) is 25.8 Å². The summed E-state index contributed by atoms with van der Waals surface area (Å²) >= 11 is 6.68. The second kappa shape index (κ2) is 18.7. The predicted octanol–water partition coefficient (Wildman–Crippen LogP) is 12.1. The molecule has 3 aromatic carbocycles. The van der Waals surface area contributed by atoms with Crippen molar-refractivity contribution < 1.29 is 34.8 Å². The van der Waals surface area contributed by atoms with Crippen LogP contribution in [-0.4, -0.2) is 64.9 Å². The SMILES string of the molecule is CC=C(C=NC(C)C(C)C1CCC(O[Si](C)(C)C(C)(C)C)CC1)c1cnc2[nH]cc(C(c3c(OC)ccc(F)c3Cl)C(F)(S(=O)(=O)c3ccccc3)S(=O)(=O)c3ccccc3)c2c1. The molecule has 0 bridgehead atoms. The zero-order valence-electron chi connectivity index (χ0n) is 37.3. The first-order chi connectivity index (χ1) is 29.6. The Labute approximate surface area is 377 Å². The molecule has 3 unspecified atom stereocenters. The number of benzene rings is 3. The van der Waals surface area contributed by atoms with Crippen molar-refractivity contribution in [3.8, 4) is 5.75 Å². The molecule has 3 atom stereocenters. The van der Waals surface area contributed by atoms with Crippen molar-refractivity contribution in [1.82, 2.24) is 9.97 Å². The first kappa shape index (κ1) is 48.2. The minimum Gasteiger partial charge on any atom is -0.496 e. The minimum absolute atomic E-state index is 0.0344. The second-order valence-electron chi connectivity index (χ2n) is 18.0. The van der Waals surface area contributed by atoms with Crippen LogP contribution in [0.1, 0.15) is 89.8 Å². The molecule has 0 aliphatic heterocycles. The van der Waals surface area contributed by atoms with E-state index in [1.807, 2.05) is 13.0 Å². The number of hydrogen-bond donors (Lipinski definition) is 1. The highest BCUT2D eigenvalue weighted by molar-refractivity contribution is 8.10. The number of pyridine rings is 1. The van der Waals surface area contributed by atoms with E-state index in [2.05, 4.69) is 57.7 Å². The molecule has 9 nitrogen and oxygen atoms in total. The van der Waals surface area contributed by atoms with Crippen molar-refractivity contribution in [2.45, 2.75) is 118 Å². The summed E-state index contributed by atoms with van der Waals surface area (Å²) in [5, 5.41) is -0.395. The van der Waals surface area contributed by atoms with Crippen LogP contribution in [0.3, 0.4) is 0 Å². The number of allylic oxidation sites excluding steroid dienone is 2. The molecular formula is C48H58ClF2N3O6S2Si. The average Bonchev–Trinajstić information content (AvgIpc) is 3.68. The quantitative estimate of drug-likeness (QED) is 0.0818. The number of ether oxygens (including phenoxy) is 1. The third-order valence-corrected chi connectivity index (χ3v) is 23.2. The lowest BCUT2D eigenvalue weighted by Crippen LogP contribution is -2.48. The third kappa shape index (κ3) is 9.20. The third-order valence-electron chi connectivity index (χ3n) is 13.2. The number of halogens is 3.